The van der Waals surface area contributed by atoms with Crippen LogP contribution in [0.5, 0.6) is 0 Å². The van der Waals surface area contributed by atoms with Gasteiger partial charge in [0.1, 0.15) is 5.82 Å². The van der Waals surface area contributed by atoms with Gasteiger partial charge in [0.05, 0.1) is 0 Å². The predicted octanol–water partition coefficient (Wildman–Crippen LogP) is 3.09. The van der Waals surface area contributed by atoms with Crippen LogP contribution < -0.4 is 11.1 Å². The van der Waals surface area contributed by atoms with Crippen LogP contribution in [0.1, 0.15) is 31.9 Å². The maximum absolute atomic E-state index is 13.5. The summed E-state index contributed by atoms with van der Waals surface area (Å²) >= 11 is 0. The molecule has 3 N–H and O–H groups in total. The Morgan fingerprint density at radius 3 is 2.44 bits per heavy atom. The summed E-state index contributed by atoms with van der Waals surface area (Å²) in [6, 6.07) is 3.52. The van der Waals surface area contributed by atoms with Crippen molar-refractivity contribution >= 4 is 5.69 Å². The molecule has 0 fully saturated rings. The van der Waals surface area contributed by atoms with Crippen molar-refractivity contribution in [3.05, 3.63) is 29.1 Å². The van der Waals surface area contributed by atoms with E-state index in [1.165, 1.54) is 0 Å². The lowest BCUT2D eigenvalue weighted by atomic mass is 10.1. The summed E-state index contributed by atoms with van der Waals surface area (Å²) in [6.07, 6.45) is 0.693. The van der Waals surface area contributed by atoms with Gasteiger partial charge in [-0.2, -0.15) is 0 Å². The van der Waals surface area contributed by atoms with Gasteiger partial charge in [0.15, 0.2) is 0 Å². The SMILES string of the molecule is CC.CCc1c(F)cc(C)cc1NCCN. The molecule has 1 rings (SSSR count). The second-order valence-electron chi connectivity index (χ2n) is 3.34. The summed E-state index contributed by atoms with van der Waals surface area (Å²) in [5, 5.41) is 3.13. The molecular weight excluding hydrogens is 203 g/mol. The van der Waals surface area contributed by atoms with Crippen molar-refractivity contribution in [2.24, 2.45) is 5.73 Å². The van der Waals surface area contributed by atoms with E-state index in [1.807, 2.05) is 33.8 Å². The first-order valence-electron chi connectivity index (χ1n) is 5.92. The molecule has 0 amide bonds. The Balaban J connectivity index is 0.00000106. The lowest BCUT2D eigenvalue weighted by Gasteiger charge is -2.12. The Bertz CT molecular complexity index is 311. The van der Waals surface area contributed by atoms with E-state index < -0.39 is 0 Å². The van der Waals surface area contributed by atoms with Gasteiger partial charge in [0, 0.05) is 24.3 Å². The largest absolute Gasteiger partial charge is 0.383 e. The van der Waals surface area contributed by atoms with Crippen molar-refractivity contribution in [2.45, 2.75) is 34.1 Å². The Kier molecular flexibility index (Phi) is 7.56. The van der Waals surface area contributed by atoms with Crippen molar-refractivity contribution in [3.8, 4) is 0 Å². The minimum Gasteiger partial charge on any atom is -0.383 e. The van der Waals surface area contributed by atoms with Crippen molar-refractivity contribution in [1.82, 2.24) is 0 Å². The van der Waals surface area contributed by atoms with Crippen molar-refractivity contribution in [3.63, 3.8) is 0 Å². The molecule has 0 aliphatic heterocycles. The number of nitrogens with one attached hydrogen (secondary N) is 1. The molecule has 0 aliphatic carbocycles. The highest BCUT2D eigenvalue weighted by molar-refractivity contribution is 5.53. The zero-order valence-electron chi connectivity index (χ0n) is 10.7. The fourth-order valence-electron chi connectivity index (χ4n) is 1.50. The fraction of sp³-hybridized carbons (Fsp3) is 0.538. The van der Waals surface area contributed by atoms with Crippen LogP contribution in [-0.4, -0.2) is 13.1 Å². The first-order chi connectivity index (χ1) is 7.69. The van der Waals surface area contributed by atoms with Crippen LogP contribution in [0.2, 0.25) is 0 Å². The number of anilines is 1. The number of hydrogen-bond donors (Lipinski definition) is 2. The van der Waals surface area contributed by atoms with Gasteiger partial charge in [-0.25, -0.2) is 4.39 Å². The summed E-state index contributed by atoms with van der Waals surface area (Å²) in [4.78, 5) is 0. The zero-order valence-corrected chi connectivity index (χ0v) is 10.7. The van der Waals surface area contributed by atoms with E-state index in [1.54, 1.807) is 6.07 Å². The molecule has 0 saturated carbocycles. The van der Waals surface area contributed by atoms with Gasteiger partial charge >= 0.3 is 0 Å². The number of halogens is 1. The van der Waals surface area contributed by atoms with E-state index in [-0.39, 0.29) is 5.82 Å². The molecule has 0 atom stereocenters. The second kappa shape index (κ2) is 8.11. The Morgan fingerprint density at radius 2 is 1.94 bits per heavy atom. The first kappa shape index (κ1) is 14.9. The number of hydrogen-bond acceptors (Lipinski definition) is 2. The molecule has 1 aromatic carbocycles. The topological polar surface area (TPSA) is 38.0 Å². The normalized spacial score (nSPS) is 9.38. The summed E-state index contributed by atoms with van der Waals surface area (Å²) in [5.41, 5.74) is 7.93. The highest BCUT2D eigenvalue weighted by atomic mass is 19.1. The molecule has 16 heavy (non-hydrogen) atoms. The smallest absolute Gasteiger partial charge is 0.128 e. The van der Waals surface area contributed by atoms with E-state index in [0.29, 0.717) is 19.5 Å². The Labute approximate surface area is 98.0 Å². The fourth-order valence-corrected chi connectivity index (χ4v) is 1.50. The summed E-state index contributed by atoms with van der Waals surface area (Å²) in [6.45, 7) is 9.06. The lowest BCUT2D eigenvalue weighted by molar-refractivity contribution is 0.611. The standard InChI is InChI=1S/C11H17FN2.C2H6/c1-3-9-10(12)6-8(2)7-11(9)14-5-4-13;1-2/h6-7,14H,3-5,13H2,1-2H3;1-2H3. The third-order valence-electron chi connectivity index (χ3n) is 2.15. The van der Waals surface area contributed by atoms with Gasteiger partial charge in [0.25, 0.3) is 0 Å². The van der Waals surface area contributed by atoms with Gasteiger partial charge in [-0.3, -0.25) is 0 Å². The Morgan fingerprint density at radius 1 is 1.31 bits per heavy atom. The Hall–Kier alpha value is -1.09. The highest BCUT2D eigenvalue weighted by Gasteiger charge is 2.06. The van der Waals surface area contributed by atoms with E-state index in [9.17, 15) is 4.39 Å². The van der Waals surface area contributed by atoms with Gasteiger partial charge in [-0.1, -0.05) is 20.8 Å². The van der Waals surface area contributed by atoms with Crippen LogP contribution in [0, 0.1) is 12.7 Å². The van der Waals surface area contributed by atoms with Crippen molar-refractivity contribution < 1.29 is 4.39 Å². The van der Waals surface area contributed by atoms with E-state index in [4.69, 9.17) is 5.73 Å². The number of rotatable bonds is 4. The van der Waals surface area contributed by atoms with Gasteiger partial charge < -0.3 is 11.1 Å². The molecule has 1 aromatic rings. The molecule has 92 valence electrons. The third-order valence-corrected chi connectivity index (χ3v) is 2.15. The van der Waals surface area contributed by atoms with Gasteiger partial charge in [-0.15, -0.1) is 0 Å². The van der Waals surface area contributed by atoms with Crippen LogP contribution in [-0.2, 0) is 6.42 Å². The van der Waals surface area contributed by atoms with Crippen LogP contribution in [0.3, 0.4) is 0 Å². The third kappa shape index (κ3) is 4.19. The maximum atomic E-state index is 13.5. The van der Waals surface area contributed by atoms with Crippen LogP contribution in [0.25, 0.3) is 0 Å². The second-order valence-corrected chi connectivity index (χ2v) is 3.34. The average molecular weight is 226 g/mol. The minimum atomic E-state index is -0.132. The molecule has 2 nitrogen and oxygen atoms in total. The summed E-state index contributed by atoms with van der Waals surface area (Å²) < 4.78 is 13.5. The molecule has 0 radical (unpaired) electrons. The van der Waals surface area contributed by atoms with Gasteiger partial charge in [0.2, 0.25) is 0 Å². The number of benzene rings is 1. The molecule has 0 aliphatic rings. The number of aryl methyl sites for hydroxylation is 1. The van der Waals surface area contributed by atoms with Crippen LogP contribution >= 0.6 is 0 Å². The summed E-state index contributed by atoms with van der Waals surface area (Å²) in [5.74, 6) is -0.132. The monoisotopic (exact) mass is 226 g/mol. The zero-order chi connectivity index (χ0) is 12.6. The average Bonchev–Trinajstić information content (AvgIpc) is 2.28. The first-order valence-corrected chi connectivity index (χ1v) is 5.92. The van der Waals surface area contributed by atoms with E-state index >= 15 is 0 Å². The molecule has 0 heterocycles. The quantitative estimate of drug-likeness (QED) is 0.828. The molecule has 0 spiro atoms. The number of nitrogens with two attached hydrogens (primary N) is 1. The van der Waals surface area contributed by atoms with Crippen LogP contribution in [0.4, 0.5) is 10.1 Å². The molecule has 0 saturated heterocycles. The predicted molar refractivity (Wildman–Crippen MR) is 69.4 cm³/mol. The van der Waals surface area contributed by atoms with Crippen molar-refractivity contribution in [1.29, 1.82) is 0 Å². The summed E-state index contributed by atoms with van der Waals surface area (Å²) in [7, 11) is 0. The maximum Gasteiger partial charge on any atom is 0.128 e. The molecular formula is C13H23FN2. The van der Waals surface area contributed by atoms with E-state index in [2.05, 4.69) is 5.32 Å². The van der Waals surface area contributed by atoms with Gasteiger partial charge in [-0.05, 0) is 31.0 Å². The minimum absolute atomic E-state index is 0.132. The molecule has 0 unspecified atom stereocenters. The van der Waals surface area contributed by atoms with E-state index in [0.717, 1.165) is 16.8 Å². The van der Waals surface area contributed by atoms with Crippen LogP contribution in [0.15, 0.2) is 12.1 Å². The highest BCUT2D eigenvalue weighted by Crippen LogP contribution is 2.21. The molecule has 0 bridgehead atoms. The lowest BCUT2D eigenvalue weighted by Crippen LogP contribution is -2.14. The molecule has 0 aromatic heterocycles. The molecule has 3 heteroatoms. The van der Waals surface area contributed by atoms with Crippen molar-refractivity contribution in [2.75, 3.05) is 18.4 Å².